The summed E-state index contributed by atoms with van der Waals surface area (Å²) >= 11 is 0. The van der Waals surface area contributed by atoms with Crippen LogP contribution in [0, 0.1) is 18.2 Å². The number of hydrogen-bond donors (Lipinski definition) is 2. The zero-order chi connectivity index (χ0) is 15.8. The zero-order valence-corrected chi connectivity index (χ0v) is 14.2. The summed E-state index contributed by atoms with van der Waals surface area (Å²) in [5.74, 6) is -0.577. The van der Waals surface area contributed by atoms with Crippen LogP contribution in [0.3, 0.4) is 0 Å². The van der Waals surface area contributed by atoms with Gasteiger partial charge in [-0.15, -0.1) is 12.4 Å². The first-order chi connectivity index (χ1) is 9.72. The van der Waals surface area contributed by atoms with Crippen molar-refractivity contribution in [1.29, 1.82) is 0 Å². The second-order valence-corrected chi connectivity index (χ2v) is 6.25. The van der Waals surface area contributed by atoms with E-state index in [-0.39, 0.29) is 30.2 Å². The van der Waals surface area contributed by atoms with Crippen LogP contribution in [0.4, 0.5) is 10.1 Å². The molecule has 2 unspecified atom stereocenters. The van der Waals surface area contributed by atoms with Crippen LogP contribution in [0.2, 0.25) is 0 Å². The minimum absolute atomic E-state index is 0. The molecule has 124 valence electrons. The molecule has 0 bridgehead atoms. The molecule has 0 saturated heterocycles. The van der Waals surface area contributed by atoms with Crippen molar-refractivity contribution in [1.82, 2.24) is 0 Å². The normalized spacial score (nSPS) is 25.8. The van der Waals surface area contributed by atoms with Gasteiger partial charge in [0.2, 0.25) is 5.91 Å². The summed E-state index contributed by atoms with van der Waals surface area (Å²) in [5, 5.41) is 2.81. The van der Waals surface area contributed by atoms with Gasteiger partial charge in [0.1, 0.15) is 11.4 Å². The lowest BCUT2D eigenvalue weighted by Gasteiger charge is -2.57. The molecule has 0 radical (unpaired) electrons. The molecule has 1 fully saturated rings. The summed E-state index contributed by atoms with van der Waals surface area (Å²) in [7, 11) is 0. The van der Waals surface area contributed by atoms with E-state index in [9.17, 15) is 9.18 Å². The Bertz CT molecular complexity index is 565. The van der Waals surface area contributed by atoms with Crippen LogP contribution < -0.4 is 11.1 Å². The number of aryl methyl sites for hydroxylation is 1. The maximum absolute atomic E-state index is 13.1. The van der Waals surface area contributed by atoms with Crippen LogP contribution >= 0.6 is 12.4 Å². The van der Waals surface area contributed by atoms with E-state index in [2.05, 4.69) is 5.32 Å². The monoisotopic (exact) mass is 330 g/mol. The van der Waals surface area contributed by atoms with Gasteiger partial charge in [-0.2, -0.15) is 0 Å². The largest absolute Gasteiger partial charge is 0.378 e. The first-order valence-corrected chi connectivity index (χ1v) is 7.20. The molecule has 0 heterocycles. The van der Waals surface area contributed by atoms with E-state index in [4.69, 9.17) is 10.5 Å². The molecule has 2 atom stereocenters. The van der Waals surface area contributed by atoms with Gasteiger partial charge >= 0.3 is 0 Å². The van der Waals surface area contributed by atoms with Gasteiger partial charge in [-0.25, -0.2) is 4.39 Å². The van der Waals surface area contributed by atoms with Crippen molar-refractivity contribution in [2.24, 2.45) is 11.1 Å². The van der Waals surface area contributed by atoms with Crippen molar-refractivity contribution in [3.05, 3.63) is 29.6 Å². The number of anilines is 1. The number of benzene rings is 1. The van der Waals surface area contributed by atoms with Crippen molar-refractivity contribution in [3.63, 3.8) is 0 Å². The zero-order valence-electron chi connectivity index (χ0n) is 13.4. The predicted octanol–water partition coefficient (Wildman–Crippen LogP) is 3.03. The number of halogens is 2. The summed E-state index contributed by atoms with van der Waals surface area (Å²) < 4.78 is 18.7. The summed E-state index contributed by atoms with van der Waals surface area (Å²) in [6.45, 7) is 8.15. The van der Waals surface area contributed by atoms with E-state index < -0.39 is 11.0 Å². The first-order valence-electron chi connectivity index (χ1n) is 7.20. The highest BCUT2D eigenvalue weighted by Gasteiger charge is 2.62. The molecular weight excluding hydrogens is 307 g/mol. The molecule has 2 rings (SSSR count). The third-order valence-corrected chi connectivity index (χ3v) is 4.67. The SMILES string of the molecule is CCOC1CC(N)(C(=O)Nc2ccc(F)cc2C)C1(C)C.Cl. The fraction of sp³-hybridized carbons (Fsp3) is 0.562. The van der Waals surface area contributed by atoms with E-state index in [0.29, 0.717) is 24.3 Å². The minimum Gasteiger partial charge on any atom is -0.378 e. The molecule has 1 amide bonds. The minimum atomic E-state index is -0.979. The number of nitrogens with two attached hydrogens (primary N) is 1. The standard InChI is InChI=1S/C16H23FN2O2.ClH/c1-5-21-13-9-16(18,15(13,3)4)14(20)19-12-7-6-11(17)8-10(12)2;/h6-8,13H,5,9,18H2,1-4H3,(H,19,20);1H. The van der Waals surface area contributed by atoms with Crippen LogP contribution in [0.15, 0.2) is 18.2 Å². The number of hydrogen-bond acceptors (Lipinski definition) is 3. The Morgan fingerprint density at radius 3 is 2.64 bits per heavy atom. The van der Waals surface area contributed by atoms with Gasteiger partial charge in [-0.3, -0.25) is 4.79 Å². The molecule has 1 aliphatic rings. The second kappa shape index (κ2) is 6.52. The Kier molecular flexibility index (Phi) is 5.60. The predicted molar refractivity (Wildman–Crippen MR) is 87.7 cm³/mol. The van der Waals surface area contributed by atoms with Gasteiger partial charge in [-0.1, -0.05) is 13.8 Å². The van der Waals surface area contributed by atoms with E-state index in [1.165, 1.54) is 12.1 Å². The number of nitrogens with one attached hydrogen (secondary N) is 1. The smallest absolute Gasteiger partial charge is 0.245 e. The van der Waals surface area contributed by atoms with Gasteiger partial charge in [0.15, 0.2) is 0 Å². The van der Waals surface area contributed by atoms with Crippen LogP contribution in [-0.2, 0) is 9.53 Å². The highest BCUT2D eigenvalue weighted by atomic mass is 35.5. The summed E-state index contributed by atoms with van der Waals surface area (Å²) in [6.07, 6.45) is 0.465. The van der Waals surface area contributed by atoms with Crippen molar-refractivity contribution in [2.45, 2.75) is 45.8 Å². The highest BCUT2D eigenvalue weighted by molar-refractivity contribution is 6.00. The topological polar surface area (TPSA) is 64.3 Å². The third kappa shape index (κ3) is 2.98. The average molecular weight is 331 g/mol. The molecule has 4 nitrogen and oxygen atoms in total. The molecule has 1 aromatic carbocycles. The van der Waals surface area contributed by atoms with Gasteiger partial charge in [-0.05, 0) is 37.6 Å². The Labute approximate surface area is 137 Å². The van der Waals surface area contributed by atoms with Crippen molar-refractivity contribution >= 4 is 24.0 Å². The summed E-state index contributed by atoms with van der Waals surface area (Å²) in [6, 6.07) is 4.26. The van der Waals surface area contributed by atoms with Crippen molar-refractivity contribution in [2.75, 3.05) is 11.9 Å². The lowest BCUT2D eigenvalue weighted by atomic mass is 9.54. The molecule has 1 aromatic rings. The molecule has 22 heavy (non-hydrogen) atoms. The molecule has 1 saturated carbocycles. The van der Waals surface area contributed by atoms with Gasteiger partial charge in [0.05, 0.1) is 6.10 Å². The second-order valence-electron chi connectivity index (χ2n) is 6.25. The van der Waals surface area contributed by atoms with Crippen molar-refractivity contribution < 1.29 is 13.9 Å². The number of ether oxygens (including phenoxy) is 1. The Hall–Kier alpha value is -1.17. The lowest BCUT2D eigenvalue weighted by molar-refractivity contribution is -0.166. The van der Waals surface area contributed by atoms with E-state index in [1.54, 1.807) is 13.0 Å². The van der Waals surface area contributed by atoms with Gasteiger partial charge in [0.25, 0.3) is 0 Å². The van der Waals surface area contributed by atoms with Crippen LogP contribution in [-0.4, -0.2) is 24.2 Å². The van der Waals surface area contributed by atoms with Crippen molar-refractivity contribution in [3.8, 4) is 0 Å². The molecule has 6 heteroatoms. The van der Waals surface area contributed by atoms with Crippen LogP contribution in [0.25, 0.3) is 0 Å². The molecule has 1 aliphatic carbocycles. The first kappa shape index (κ1) is 18.9. The maximum Gasteiger partial charge on any atom is 0.245 e. The fourth-order valence-corrected chi connectivity index (χ4v) is 2.82. The van der Waals surface area contributed by atoms with Crippen LogP contribution in [0.5, 0.6) is 0 Å². The average Bonchev–Trinajstić information content (AvgIpc) is 2.41. The Morgan fingerprint density at radius 2 is 2.14 bits per heavy atom. The summed E-state index contributed by atoms with van der Waals surface area (Å²) in [5.41, 5.74) is 6.14. The number of carbonyl (C=O) groups is 1. The van der Waals surface area contributed by atoms with E-state index in [1.807, 2.05) is 20.8 Å². The molecule has 0 spiro atoms. The molecule has 0 aromatic heterocycles. The third-order valence-electron chi connectivity index (χ3n) is 4.67. The fourth-order valence-electron chi connectivity index (χ4n) is 2.82. The quantitative estimate of drug-likeness (QED) is 0.892. The highest BCUT2D eigenvalue weighted by Crippen LogP contribution is 2.50. The van der Waals surface area contributed by atoms with E-state index in [0.717, 1.165) is 0 Å². The summed E-state index contributed by atoms with van der Waals surface area (Å²) in [4.78, 5) is 12.5. The molecule has 3 N–H and O–H groups in total. The Morgan fingerprint density at radius 1 is 1.50 bits per heavy atom. The molecule has 0 aliphatic heterocycles. The van der Waals surface area contributed by atoms with Crippen LogP contribution in [0.1, 0.15) is 32.8 Å². The number of amides is 1. The molecular formula is C16H24ClFN2O2. The number of carbonyl (C=O) groups excluding carboxylic acids is 1. The van der Waals surface area contributed by atoms with Gasteiger partial charge in [0, 0.05) is 24.1 Å². The maximum atomic E-state index is 13.1. The van der Waals surface area contributed by atoms with Gasteiger partial charge < -0.3 is 15.8 Å². The lowest BCUT2D eigenvalue weighted by Crippen LogP contribution is -2.74. The van der Waals surface area contributed by atoms with E-state index >= 15 is 0 Å². The number of rotatable bonds is 4. The Balaban J connectivity index is 0.00000242.